The Morgan fingerprint density at radius 2 is 1.89 bits per heavy atom. The SMILES string of the molecule is OC(CCCCNSc1ccccc1)CC1c2ccccc2-c2cncn21. The molecule has 2 atom stereocenters. The van der Waals surface area contributed by atoms with Crippen LogP contribution in [0.3, 0.4) is 0 Å². The van der Waals surface area contributed by atoms with Crippen molar-refractivity contribution in [3.8, 4) is 11.3 Å². The maximum atomic E-state index is 10.6. The summed E-state index contributed by atoms with van der Waals surface area (Å²) >= 11 is 1.67. The third-order valence-electron chi connectivity index (χ3n) is 5.09. The van der Waals surface area contributed by atoms with Crippen molar-refractivity contribution < 1.29 is 5.11 Å². The molecule has 0 spiro atoms. The van der Waals surface area contributed by atoms with Crippen LogP contribution in [0, 0.1) is 0 Å². The van der Waals surface area contributed by atoms with Crippen molar-refractivity contribution in [1.82, 2.24) is 14.3 Å². The molecule has 27 heavy (non-hydrogen) atoms. The first kappa shape index (κ1) is 18.3. The van der Waals surface area contributed by atoms with Gasteiger partial charge in [-0.3, -0.25) is 4.72 Å². The van der Waals surface area contributed by atoms with Crippen LogP contribution in [0.15, 0.2) is 72.0 Å². The third-order valence-corrected chi connectivity index (χ3v) is 5.95. The normalized spacial score (nSPS) is 16.1. The number of hydrogen-bond donors (Lipinski definition) is 2. The van der Waals surface area contributed by atoms with E-state index in [-0.39, 0.29) is 12.1 Å². The Balaban J connectivity index is 1.22. The van der Waals surface area contributed by atoms with Crippen molar-refractivity contribution in [3.05, 3.63) is 72.7 Å². The van der Waals surface area contributed by atoms with Crippen molar-refractivity contribution in [2.24, 2.45) is 0 Å². The van der Waals surface area contributed by atoms with E-state index in [2.05, 4.69) is 50.7 Å². The Morgan fingerprint density at radius 3 is 2.78 bits per heavy atom. The molecule has 2 aromatic carbocycles. The van der Waals surface area contributed by atoms with Crippen molar-refractivity contribution in [1.29, 1.82) is 0 Å². The van der Waals surface area contributed by atoms with E-state index in [1.165, 1.54) is 16.0 Å². The van der Waals surface area contributed by atoms with Crippen molar-refractivity contribution in [2.75, 3.05) is 6.54 Å². The maximum Gasteiger partial charge on any atom is 0.0956 e. The van der Waals surface area contributed by atoms with Crippen LogP contribution in [-0.2, 0) is 0 Å². The largest absolute Gasteiger partial charge is 0.393 e. The third kappa shape index (κ3) is 4.26. The zero-order valence-electron chi connectivity index (χ0n) is 15.3. The van der Waals surface area contributed by atoms with E-state index in [1.807, 2.05) is 30.7 Å². The second kappa shape index (κ2) is 8.74. The highest BCUT2D eigenvalue weighted by Gasteiger charge is 2.29. The molecule has 3 aromatic rings. The molecule has 0 radical (unpaired) electrons. The summed E-state index contributed by atoms with van der Waals surface area (Å²) in [5.41, 5.74) is 3.70. The van der Waals surface area contributed by atoms with Gasteiger partial charge < -0.3 is 9.67 Å². The highest BCUT2D eigenvalue weighted by Crippen LogP contribution is 2.41. The Morgan fingerprint density at radius 1 is 1.07 bits per heavy atom. The van der Waals surface area contributed by atoms with Crippen LogP contribution in [0.25, 0.3) is 11.3 Å². The lowest BCUT2D eigenvalue weighted by molar-refractivity contribution is 0.139. The molecule has 140 valence electrons. The summed E-state index contributed by atoms with van der Waals surface area (Å²) < 4.78 is 5.59. The molecule has 2 heterocycles. The van der Waals surface area contributed by atoms with Gasteiger partial charge in [0.05, 0.1) is 30.4 Å². The smallest absolute Gasteiger partial charge is 0.0956 e. The number of fused-ring (bicyclic) bond motifs is 3. The lowest BCUT2D eigenvalue weighted by Crippen LogP contribution is -2.16. The number of benzene rings is 2. The van der Waals surface area contributed by atoms with Crippen LogP contribution in [0.2, 0.25) is 0 Å². The quantitative estimate of drug-likeness (QED) is 0.419. The van der Waals surface area contributed by atoms with Crippen LogP contribution in [0.1, 0.15) is 37.3 Å². The summed E-state index contributed by atoms with van der Waals surface area (Å²) in [4.78, 5) is 5.52. The molecule has 0 fully saturated rings. The van der Waals surface area contributed by atoms with Crippen LogP contribution in [-0.4, -0.2) is 27.3 Å². The number of hydrogen-bond acceptors (Lipinski definition) is 4. The fraction of sp³-hybridized carbons (Fsp3) is 0.318. The summed E-state index contributed by atoms with van der Waals surface area (Å²) in [7, 11) is 0. The molecule has 4 rings (SSSR count). The number of aromatic nitrogens is 2. The van der Waals surface area contributed by atoms with Crippen LogP contribution < -0.4 is 4.72 Å². The predicted molar refractivity (Wildman–Crippen MR) is 111 cm³/mol. The van der Waals surface area contributed by atoms with Gasteiger partial charge in [-0.05, 0) is 55.3 Å². The minimum absolute atomic E-state index is 0.195. The van der Waals surface area contributed by atoms with Gasteiger partial charge in [-0.25, -0.2) is 4.98 Å². The molecule has 0 bridgehead atoms. The zero-order chi connectivity index (χ0) is 18.5. The zero-order valence-corrected chi connectivity index (χ0v) is 16.1. The summed E-state index contributed by atoms with van der Waals surface area (Å²) in [6.07, 6.45) is 7.17. The number of aliphatic hydroxyl groups excluding tert-OH is 1. The Bertz CT molecular complexity index is 865. The van der Waals surface area contributed by atoms with Gasteiger partial charge in [0.25, 0.3) is 0 Å². The first-order valence-electron chi connectivity index (χ1n) is 9.57. The summed E-state index contributed by atoms with van der Waals surface area (Å²) in [5, 5.41) is 10.6. The van der Waals surface area contributed by atoms with Crippen LogP contribution in [0.4, 0.5) is 0 Å². The molecule has 2 unspecified atom stereocenters. The molecule has 2 N–H and O–H groups in total. The summed E-state index contributed by atoms with van der Waals surface area (Å²) in [5.74, 6) is 0. The van der Waals surface area contributed by atoms with Gasteiger partial charge in [0, 0.05) is 17.0 Å². The molecule has 0 aliphatic carbocycles. The fourth-order valence-corrected chi connectivity index (χ4v) is 4.45. The molecule has 1 aliphatic rings. The van der Waals surface area contributed by atoms with Crippen molar-refractivity contribution in [2.45, 2.75) is 42.7 Å². The monoisotopic (exact) mass is 379 g/mol. The number of rotatable bonds is 9. The number of aliphatic hydroxyl groups is 1. The average molecular weight is 380 g/mol. The van der Waals surface area contributed by atoms with Gasteiger partial charge >= 0.3 is 0 Å². The van der Waals surface area contributed by atoms with E-state index >= 15 is 0 Å². The lowest BCUT2D eigenvalue weighted by Gasteiger charge is -2.19. The van der Waals surface area contributed by atoms with E-state index < -0.39 is 0 Å². The van der Waals surface area contributed by atoms with Gasteiger partial charge in [0.2, 0.25) is 0 Å². The molecule has 0 amide bonds. The number of nitrogens with one attached hydrogen (secondary N) is 1. The van der Waals surface area contributed by atoms with Crippen LogP contribution in [0.5, 0.6) is 0 Å². The average Bonchev–Trinajstić information content (AvgIpc) is 3.28. The Hall–Kier alpha value is -2.08. The molecule has 0 saturated carbocycles. The molecular formula is C22H25N3OS. The van der Waals surface area contributed by atoms with Gasteiger partial charge in [-0.1, -0.05) is 42.5 Å². The fourth-order valence-electron chi connectivity index (χ4n) is 3.75. The van der Waals surface area contributed by atoms with Crippen molar-refractivity contribution >= 4 is 11.9 Å². The minimum Gasteiger partial charge on any atom is -0.393 e. The standard InChI is InChI=1S/C22H25N3OS/c26-17(8-6-7-13-24-27-18-9-2-1-3-10-18)14-21-19-11-4-5-12-20(19)22-15-23-16-25(21)22/h1-5,9-12,15-17,21,24,26H,6-8,13-14H2. The maximum absolute atomic E-state index is 10.6. The number of unbranched alkanes of at least 4 members (excludes halogenated alkanes) is 1. The first-order valence-corrected chi connectivity index (χ1v) is 10.4. The molecule has 1 aromatic heterocycles. The number of nitrogens with zero attached hydrogens (tertiary/aromatic N) is 2. The molecule has 5 heteroatoms. The van der Waals surface area contributed by atoms with E-state index in [0.717, 1.165) is 37.9 Å². The Labute approximate surface area is 164 Å². The molecule has 4 nitrogen and oxygen atoms in total. The second-order valence-corrected chi connectivity index (χ2v) is 7.95. The topological polar surface area (TPSA) is 50.1 Å². The molecular weight excluding hydrogens is 354 g/mol. The van der Waals surface area contributed by atoms with Gasteiger partial charge in [0.1, 0.15) is 0 Å². The predicted octanol–water partition coefficient (Wildman–Crippen LogP) is 4.67. The number of imidazole rings is 1. The molecule has 0 saturated heterocycles. The van der Waals surface area contributed by atoms with Crippen molar-refractivity contribution in [3.63, 3.8) is 0 Å². The lowest BCUT2D eigenvalue weighted by atomic mass is 9.97. The highest BCUT2D eigenvalue weighted by atomic mass is 32.2. The molecule has 1 aliphatic heterocycles. The highest BCUT2D eigenvalue weighted by molar-refractivity contribution is 7.97. The second-order valence-electron chi connectivity index (χ2n) is 6.98. The van der Waals surface area contributed by atoms with Crippen LogP contribution >= 0.6 is 11.9 Å². The summed E-state index contributed by atoms with van der Waals surface area (Å²) in [6.45, 7) is 0.949. The van der Waals surface area contributed by atoms with Gasteiger partial charge in [0.15, 0.2) is 0 Å². The van der Waals surface area contributed by atoms with E-state index in [4.69, 9.17) is 0 Å². The minimum atomic E-state index is -0.293. The Kier molecular flexibility index (Phi) is 5.92. The van der Waals surface area contributed by atoms with Gasteiger partial charge in [-0.2, -0.15) is 0 Å². The van der Waals surface area contributed by atoms with E-state index in [0.29, 0.717) is 0 Å². The van der Waals surface area contributed by atoms with Gasteiger partial charge in [-0.15, -0.1) is 0 Å². The van der Waals surface area contributed by atoms with E-state index in [1.54, 1.807) is 11.9 Å². The first-order chi connectivity index (χ1) is 13.3. The van der Waals surface area contributed by atoms with E-state index in [9.17, 15) is 5.11 Å². The summed E-state index contributed by atoms with van der Waals surface area (Å²) in [6, 6.07) is 19.0.